The number of hydrogen-bond acceptors (Lipinski definition) is 2. The van der Waals surface area contributed by atoms with Gasteiger partial charge in [0.15, 0.2) is 0 Å². The van der Waals surface area contributed by atoms with Crippen LogP contribution in [0.15, 0.2) is 48.5 Å². The van der Waals surface area contributed by atoms with E-state index in [0.29, 0.717) is 11.6 Å². The highest BCUT2D eigenvalue weighted by Crippen LogP contribution is 2.19. The van der Waals surface area contributed by atoms with Crippen molar-refractivity contribution < 1.29 is 9.59 Å². The highest BCUT2D eigenvalue weighted by atomic mass is 35.5. The minimum Gasteiger partial charge on any atom is -0.352 e. The quantitative estimate of drug-likeness (QED) is 0.672. The van der Waals surface area contributed by atoms with Crippen LogP contribution in [0, 0.1) is 6.92 Å². The minimum absolute atomic E-state index is 0.0631. The third kappa shape index (κ3) is 6.09. The zero-order valence-corrected chi connectivity index (χ0v) is 18.6. The number of aryl methyl sites for hydroxylation is 1. The molecule has 160 valence electrons. The number of benzene rings is 2. The first-order valence-corrected chi connectivity index (χ1v) is 11.2. The van der Waals surface area contributed by atoms with Gasteiger partial charge in [0, 0.05) is 17.6 Å². The molecule has 1 aliphatic carbocycles. The monoisotopic (exact) mass is 426 g/mol. The van der Waals surface area contributed by atoms with Gasteiger partial charge in [-0.3, -0.25) is 9.59 Å². The molecule has 1 atom stereocenters. The average Bonchev–Trinajstić information content (AvgIpc) is 2.75. The number of carbonyl (C=O) groups is 2. The van der Waals surface area contributed by atoms with E-state index >= 15 is 0 Å². The molecular formula is C25H31ClN2O2. The Morgan fingerprint density at radius 1 is 1.07 bits per heavy atom. The van der Waals surface area contributed by atoms with Crippen molar-refractivity contribution >= 4 is 23.4 Å². The van der Waals surface area contributed by atoms with E-state index in [-0.39, 0.29) is 24.3 Å². The number of hydrogen-bond donors (Lipinski definition) is 1. The summed E-state index contributed by atoms with van der Waals surface area (Å²) in [5.41, 5.74) is 3.06. The van der Waals surface area contributed by atoms with Crippen LogP contribution in [0.1, 0.15) is 55.7 Å². The summed E-state index contributed by atoms with van der Waals surface area (Å²) in [5.74, 6) is -0.133. The van der Waals surface area contributed by atoms with Crippen LogP contribution in [0.4, 0.5) is 0 Å². The van der Waals surface area contributed by atoms with Crippen LogP contribution < -0.4 is 5.32 Å². The van der Waals surface area contributed by atoms with Crippen molar-refractivity contribution in [2.24, 2.45) is 0 Å². The van der Waals surface area contributed by atoms with E-state index in [0.717, 1.165) is 42.4 Å². The molecule has 1 fully saturated rings. The molecular weight excluding hydrogens is 396 g/mol. The molecule has 1 unspecified atom stereocenters. The number of rotatable bonds is 7. The van der Waals surface area contributed by atoms with E-state index in [1.165, 1.54) is 6.42 Å². The lowest BCUT2D eigenvalue weighted by atomic mass is 9.95. The van der Waals surface area contributed by atoms with E-state index in [1.54, 1.807) is 17.0 Å². The van der Waals surface area contributed by atoms with Crippen molar-refractivity contribution in [1.82, 2.24) is 10.2 Å². The average molecular weight is 427 g/mol. The standard InChI is InChI=1S/C25H31ClN2O2/c1-18-8-6-7-9-21(18)17-28(24(29)16-20-12-14-22(26)15-13-20)19(2)25(30)27-23-10-4-3-5-11-23/h6-9,12-15,19,23H,3-5,10-11,16-17H2,1-2H3,(H,27,30). The van der Waals surface area contributed by atoms with E-state index < -0.39 is 6.04 Å². The topological polar surface area (TPSA) is 49.4 Å². The summed E-state index contributed by atoms with van der Waals surface area (Å²) in [6, 6.07) is 15.0. The van der Waals surface area contributed by atoms with Gasteiger partial charge in [-0.25, -0.2) is 0 Å². The SMILES string of the molecule is Cc1ccccc1CN(C(=O)Cc1ccc(Cl)cc1)C(C)C(=O)NC1CCCCC1. The number of nitrogens with zero attached hydrogens (tertiary/aromatic N) is 1. The van der Waals surface area contributed by atoms with Crippen molar-refractivity contribution in [2.45, 2.75) is 71.0 Å². The predicted molar refractivity (Wildman–Crippen MR) is 121 cm³/mol. The van der Waals surface area contributed by atoms with Gasteiger partial charge in [-0.05, 0) is 55.5 Å². The molecule has 0 heterocycles. The molecule has 0 saturated heterocycles. The molecule has 2 aromatic rings. The number of carbonyl (C=O) groups excluding carboxylic acids is 2. The Labute approximate surface area is 184 Å². The van der Waals surface area contributed by atoms with E-state index in [1.807, 2.05) is 50.2 Å². The van der Waals surface area contributed by atoms with Crippen molar-refractivity contribution in [2.75, 3.05) is 0 Å². The van der Waals surface area contributed by atoms with Crippen LogP contribution in [-0.4, -0.2) is 28.8 Å². The first-order chi connectivity index (χ1) is 14.4. The Hall–Kier alpha value is -2.33. The summed E-state index contributed by atoms with van der Waals surface area (Å²) in [6.07, 6.45) is 5.83. The normalized spacial score (nSPS) is 15.4. The lowest BCUT2D eigenvalue weighted by Gasteiger charge is -2.31. The maximum Gasteiger partial charge on any atom is 0.242 e. The van der Waals surface area contributed by atoms with Crippen LogP contribution in [-0.2, 0) is 22.6 Å². The summed E-state index contributed by atoms with van der Waals surface area (Å²) in [5, 5.41) is 3.82. The predicted octanol–water partition coefficient (Wildman–Crippen LogP) is 5.06. The molecule has 4 nitrogen and oxygen atoms in total. The van der Waals surface area contributed by atoms with E-state index in [9.17, 15) is 9.59 Å². The van der Waals surface area contributed by atoms with Gasteiger partial charge in [0.05, 0.1) is 6.42 Å². The molecule has 30 heavy (non-hydrogen) atoms. The van der Waals surface area contributed by atoms with Crippen LogP contribution in [0.2, 0.25) is 5.02 Å². The summed E-state index contributed by atoms with van der Waals surface area (Å²) in [7, 11) is 0. The van der Waals surface area contributed by atoms with Crippen LogP contribution in [0.5, 0.6) is 0 Å². The van der Waals surface area contributed by atoms with Gasteiger partial charge in [-0.15, -0.1) is 0 Å². The summed E-state index contributed by atoms with van der Waals surface area (Å²) in [6.45, 7) is 4.28. The fourth-order valence-electron chi connectivity index (χ4n) is 4.00. The number of halogens is 1. The zero-order valence-electron chi connectivity index (χ0n) is 17.9. The van der Waals surface area contributed by atoms with Gasteiger partial charge in [0.2, 0.25) is 11.8 Å². The molecule has 0 aromatic heterocycles. The molecule has 1 saturated carbocycles. The van der Waals surface area contributed by atoms with Gasteiger partial charge in [0.25, 0.3) is 0 Å². The highest BCUT2D eigenvalue weighted by Gasteiger charge is 2.28. The molecule has 1 aliphatic rings. The molecule has 2 amide bonds. The van der Waals surface area contributed by atoms with Gasteiger partial charge in [-0.2, -0.15) is 0 Å². The summed E-state index contributed by atoms with van der Waals surface area (Å²) < 4.78 is 0. The lowest BCUT2D eigenvalue weighted by molar-refractivity contribution is -0.140. The highest BCUT2D eigenvalue weighted by molar-refractivity contribution is 6.30. The van der Waals surface area contributed by atoms with Gasteiger partial charge in [0.1, 0.15) is 6.04 Å². The molecule has 3 rings (SSSR count). The molecule has 1 N–H and O–H groups in total. The first-order valence-electron chi connectivity index (χ1n) is 10.8. The largest absolute Gasteiger partial charge is 0.352 e. The molecule has 2 aromatic carbocycles. The fourth-order valence-corrected chi connectivity index (χ4v) is 4.13. The number of nitrogens with one attached hydrogen (secondary N) is 1. The van der Waals surface area contributed by atoms with Crippen molar-refractivity contribution in [1.29, 1.82) is 0 Å². The van der Waals surface area contributed by atoms with Gasteiger partial charge < -0.3 is 10.2 Å². The minimum atomic E-state index is -0.536. The van der Waals surface area contributed by atoms with Crippen molar-refractivity contribution in [3.05, 3.63) is 70.2 Å². The third-order valence-corrected chi connectivity index (χ3v) is 6.24. The lowest BCUT2D eigenvalue weighted by Crippen LogP contribution is -2.50. The van der Waals surface area contributed by atoms with Crippen LogP contribution >= 0.6 is 11.6 Å². The Morgan fingerprint density at radius 2 is 1.73 bits per heavy atom. The van der Waals surface area contributed by atoms with Crippen molar-refractivity contribution in [3.63, 3.8) is 0 Å². The number of amides is 2. The molecule has 0 spiro atoms. The Morgan fingerprint density at radius 3 is 2.40 bits per heavy atom. The zero-order chi connectivity index (χ0) is 21.5. The third-order valence-electron chi connectivity index (χ3n) is 5.99. The van der Waals surface area contributed by atoms with Gasteiger partial charge >= 0.3 is 0 Å². The van der Waals surface area contributed by atoms with E-state index in [2.05, 4.69) is 5.32 Å². The second-order valence-electron chi connectivity index (χ2n) is 8.27. The first kappa shape index (κ1) is 22.4. The maximum absolute atomic E-state index is 13.3. The molecule has 0 aliphatic heterocycles. The smallest absolute Gasteiger partial charge is 0.242 e. The fraction of sp³-hybridized carbons (Fsp3) is 0.440. The maximum atomic E-state index is 13.3. The van der Waals surface area contributed by atoms with Gasteiger partial charge in [-0.1, -0.05) is 67.3 Å². The molecule has 0 bridgehead atoms. The second-order valence-corrected chi connectivity index (χ2v) is 8.71. The Balaban J connectivity index is 1.76. The summed E-state index contributed by atoms with van der Waals surface area (Å²) in [4.78, 5) is 28.0. The molecule has 5 heteroatoms. The van der Waals surface area contributed by atoms with Crippen LogP contribution in [0.25, 0.3) is 0 Å². The summed E-state index contributed by atoms with van der Waals surface area (Å²) >= 11 is 5.97. The Bertz CT molecular complexity index is 860. The second kappa shape index (κ2) is 10.6. The van der Waals surface area contributed by atoms with E-state index in [4.69, 9.17) is 11.6 Å². The van der Waals surface area contributed by atoms with Crippen LogP contribution in [0.3, 0.4) is 0 Å². The van der Waals surface area contributed by atoms with Crippen molar-refractivity contribution in [3.8, 4) is 0 Å². The molecule has 0 radical (unpaired) electrons. The Kier molecular flexibility index (Phi) is 7.92.